The second kappa shape index (κ2) is 6.53. The van der Waals surface area contributed by atoms with E-state index < -0.39 is 23.9 Å². The van der Waals surface area contributed by atoms with Gasteiger partial charge in [-0.05, 0) is 6.07 Å². The maximum Gasteiger partial charge on any atom is 0.410 e. The van der Waals surface area contributed by atoms with Crippen LogP contribution in [0.5, 0.6) is 0 Å². The molecule has 5 nitrogen and oxygen atoms in total. The number of carbonyl (C=O) groups is 2. The third-order valence-electron chi connectivity index (χ3n) is 2.43. The number of hydrogen-bond acceptors (Lipinski definition) is 3. The summed E-state index contributed by atoms with van der Waals surface area (Å²) < 4.78 is 18.3. The second-order valence-corrected chi connectivity index (χ2v) is 3.74. The van der Waals surface area contributed by atoms with E-state index >= 15 is 0 Å². The minimum Gasteiger partial charge on any atom is -0.479 e. The van der Waals surface area contributed by atoms with E-state index in [-0.39, 0.29) is 12.2 Å². The molecule has 0 fully saturated rings. The van der Waals surface area contributed by atoms with Crippen molar-refractivity contribution in [2.75, 3.05) is 13.7 Å². The molecule has 0 radical (unpaired) electrons. The molecule has 1 unspecified atom stereocenters. The number of halogens is 1. The van der Waals surface area contributed by atoms with Gasteiger partial charge in [-0.2, -0.15) is 0 Å². The number of aliphatic carboxylic acids is 1. The topological polar surface area (TPSA) is 66.8 Å². The summed E-state index contributed by atoms with van der Waals surface area (Å²) in [5.74, 6) is -2.04. The zero-order chi connectivity index (χ0) is 14.4. The highest BCUT2D eigenvalue weighted by molar-refractivity contribution is 5.81. The van der Waals surface area contributed by atoms with Gasteiger partial charge >= 0.3 is 12.1 Å². The number of likely N-dealkylation sites (N-methyl/N-ethyl adjacent to an activating group) is 1. The van der Waals surface area contributed by atoms with Crippen molar-refractivity contribution in [1.29, 1.82) is 0 Å². The minimum atomic E-state index is -1.45. The number of carboxylic acid groups (broad SMARTS) is 1. The molecule has 0 aliphatic heterocycles. The van der Waals surface area contributed by atoms with Gasteiger partial charge in [0.05, 0.1) is 0 Å². The van der Waals surface area contributed by atoms with Crippen molar-refractivity contribution in [3.05, 3.63) is 48.3 Å². The van der Waals surface area contributed by atoms with Crippen LogP contribution in [0.1, 0.15) is 11.6 Å². The Bertz CT molecular complexity index is 489. The van der Waals surface area contributed by atoms with Gasteiger partial charge in [0.15, 0.2) is 6.04 Å². The number of carbonyl (C=O) groups excluding carboxylic acids is 1. The molecule has 1 N–H and O–H groups in total. The van der Waals surface area contributed by atoms with Crippen LogP contribution in [0.3, 0.4) is 0 Å². The summed E-state index contributed by atoms with van der Waals surface area (Å²) in [6, 6.07) is 3.93. The molecule has 6 heteroatoms. The van der Waals surface area contributed by atoms with E-state index in [1.165, 1.54) is 31.3 Å². The minimum absolute atomic E-state index is 0.0488. The molecule has 0 saturated heterocycles. The number of nitrogens with zero attached hydrogens (tertiary/aromatic N) is 1. The summed E-state index contributed by atoms with van der Waals surface area (Å²) in [7, 11) is 1.23. The Labute approximate surface area is 109 Å². The van der Waals surface area contributed by atoms with Crippen molar-refractivity contribution in [2.24, 2.45) is 0 Å². The van der Waals surface area contributed by atoms with Crippen molar-refractivity contribution in [3.63, 3.8) is 0 Å². The molecule has 102 valence electrons. The Kier molecular flexibility index (Phi) is 5.05. The largest absolute Gasteiger partial charge is 0.479 e. The average Bonchev–Trinajstić information content (AvgIpc) is 2.38. The Hall–Kier alpha value is -2.37. The van der Waals surface area contributed by atoms with Crippen LogP contribution < -0.4 is 0 Å². The van der Waals surface area contributed by atoms with E-state index in [2.05, 4.69) is 6.58 Å². The molecule has 0 aliphatic carbocycles. The maximum atomic E-state index is 13.6. The highest BCUT2D eigenvalue weighted by Crippen LogP contribution is 2.23. The van der Waals surface area contributed by atoms with Crippen LogP contribution in [0.2, 0.25) is 0 Å². The third kappa shape index (κ3) is 3.54. The van der Waals surface area contributed by atoms with Gasteiger partial charge < -0.3 is 9.84 Å². The molecule has 19 heavy (non-hydrogen) atoms. The van der Waals surface area contributed by atoms with Crippen LogP contribution in [-0.2, 0) is 9.53 Å². The smallest absolute Gasteiger partial charge is 0.410 e. The maximum absolute atomic E-state index is 13.6. The number of ether oxygens (including phenoxy) is 1. The fraction of sp³-hybridized carbons (Fsp3) is 0.231. The average molecular weight is 267 g/mol. The van der Waals surface area contributed by atoms with Crippen LogP contribution in [0.4, 0.5) is 9.18 Å². The Morgan fingerprint density at radius 2 is 2.16 bits per heavy atom. The van der Waals surface area contributed by atoms with Gasteiger partial charge in [-0.3, -0.25) is 4.90 Å². The van der Waals surface area contributed by atoms with Crippen LogP contribution in [0.25, 0.3) is 0 Å². The highest BCUT2D eigenvalue weighted by atomic mass is 19.1. The predicted molar refractivity (Wildman–Crippen MR) is 66.1 cm³/mol. The molecule has 0 heterocycles. The fourth-order valence-corrected chi connectivity index (χ4v) is 1.54. The first kappa shape index (κ1) is 14.7. The van der Waals surface area contributed by atoms with E-state index in [0.29, 0.717) is 0 Å². The quantitative estimate of drug-likeness (QED) is 0.830. The van der Waals surface area contributed by atoms with Gasteiger partial charge in [0.1, 0.15) is 12.4 Å². The first-order valence-electron chi connectivity index (χ1n) is 5.46. The Morgan fingerprint density at radius 1 is 1.53 bits per heavy atom. The SMILES string of the molecule is C=CCOC(=O)N(C)C(C(=O)O)c1ccccc1F. The Balaban J connectivity index is 3.02. The monoisotopic (exact) mass is 267 g/mol. The van der Waals surface area contributed by atoms with E-state index in [9.17, 15) is 14.0 Å². The predicted octanol–water partition coefficient (Wildman–Crippen LogP) is 2.21. The molecule has 1 rings (SSSR count). The fourth-order valence-electron chi connectivity index (χ4n) is 1.54. The number of hydrogen-bond donors (Lipinski definition) is 1. The number of carboxylic acids is 1. The lowest BCUT2D eigenvalue weighted by Gasteiger charge is -2.24. The van der Waals surface area contributed by atoms with Gasteiger partial charge in [-0.1, -0.05) is 30.9 Å². The standard InChI is InChI=1S/C13H14FNO4/c1-3-8-19-13(18)15(2)11(12(16)17)9-6-4-5-7-10(9)14/h3-7,11H,1,8H2,2H3,(H,16,17). The molecule has 1 aromatic carbocycles. The molecule has 0 aromatic heterocycles. The number of rotatable bonds is 5. The molecular weight excluding hydrogens is 253 g/mol. The van der Waals surface area contributed by atoms with E-state index in [1.54, 1.807) is 0 Å². The summed E-state index contributed by atoms with van der Waals surface area (Å²) >= 11 is 0. The normalized spacial score (nSPS) is 11.5. The summed E-state index contributed by atoms with van der Waals surface area (Å²) in [4.78, 5) is 23.7. The zero-order valence-electron chi connectivity index (χ0n) is 10.4. The van der Waals surface area contributed by atoms with Gasteiger partial charge in [0.25, 0.3) is 0 Å². The Morgan fingerprint density at radius 3 is 2.68 bits per heavy atom. The molecular formula is C13H14FNO4. The van der Waals surface area contributed by atoms with Crippen molar-refractivity contribution < 1.29 is 23.8 Å². The molecule has 0 saturated carbocycles. The summed E-state index contributed by atoms with van der Waals surface area (Å²) in [5.41, 5.74) is -0.104. The molecule has 0 bridgehead atoms. The summed E-state index contributed by atoms with van der Waals surface area (Å²) in [5, 5.41) is 9.16. The molecule has 1 atom stereocenters. The van der Waals surface area contributed by atoms with Gasteiger partial charge in [-0.15, -0.1) is 0 Å². The van der Waals surface area contributed by atoms with Gasteiger partial charge in [-0.25, -0.2) is 14.0 Å². The van der Waals surface area contributed by atoms with E-state index in [4.69, 9.17) is 9.84 Å². The van der Waals surface area contributed by atoms with Gasteiger partial charge in [0.2, 0.25) is 0 Å². The van der Waals surface area contributed by atoms with Crippen LogP contribution in [-0.4, -0.2) is 35.7 Å². The lowest BCUT2D eigenvalue weighted by atomic mass is 10.1. The highest BCUT2D eigenvalue weighted by Gasteiger charge is 2.31. The van der Waals surface area contributed by atoms with E-state index in [0.717, 1.165) is 11.0 Å². The molecule has 0 aliphatic rings. The summed E-state index contributed by atoms with van der Waals surface area (Å²) in [6.45, 7) is 3.32. The molecule has 0 spiro atoms. The van der Waals surface area contributed by atoms with Crippen molar-refractivity contribution in [1.82, 2.24) is 4.90 Å². The van der Waals surface area contributed by atoms with Crippen molar-refractivity contribution >= 4 is 12.1 Å². The first-order valence-corrected chi connectivity index (χ1v) is 5.46. The zero-order valence-corrected chi connectivity index (χ0v) is 10.4. The van der Waals surface area contributed by atoms with E-state index in [1.807, 2.05) is 0 Å². The third-order valence-corrected chi connectivity index (χ3v) is 2.43. The molecule has 1 aromatic rings. The van der Waals surface area contributed by atoms with Crippen LogP contribution >= 0.6 is 0 Å². The lowest BCUT2D eigenvalue weighted by Crippen LogP contribution is -2.36. The lowest BCUT2D eigenvalue weighted by molar-refractivity contribution is -0.142. The van der Waals surface area contributed by atoms with Gasteiger partial charge in [0, 0.05) is 12.6 Å². The second-order valence-electron chi connectivity index (χ2n) is 3.74. The summed E-state index contributed by atoms with van der Waals surface area (Å²) in [6.07, 6.45) is 0.487. The molecule has 1 amide bonds. The van der Waals surface area contributed by atoms with Crippen molar-refractivity contribution in [2.45, 2.75) is 6.04 Å². The number of benzene rings is 1. The van der Waals surface area contributed by atoms with Crippen LogP contribution in [0.15, 0.2) is 36.9 Å². The number of amides is 1. The first-order chi connectivity index (χ1) is 8.99. The van der Waals surface area contributed by atoms with Crippen molar-refractivity contribution in [3.8, 4) is 0 Å². The van der Waals surface area contributed by atoms with Crippen LogP contribution in [0, 0.1) is 5.82 Å².